The average molecular weight is 741 g/mol. The molecule has 0 aromatic heterocycles. The smallest absolute Gasteiger partial charge is 0.260 e. The van der Waals surface area contributed by atoms with Gasteiger partial charge in [0.15, 0.2) is 23.0 Å². The lowest BCUT2D eigenvalue weighted by Crippen LogP contribution is -2.32. The van der Waals surface area contributed by atoms with Gasteiger partial charge in [0.1, 0.15) is 11.5 Å². The number of carbonyl (C=O) groups excluding carboxylic acids is 2. The minimum Gasteiger partial charge on any atom is -0.497 e. The molecule has 0 radical (unpaired) electrons. The number of hydrogen-bond donors (Lipinski definition) is 0. The molecule has 0 fully saturated rings. The van der Waals surface area contributed by atoms with Gasteiger partial charge in [0.05, 0.1) is 76.2 Å². The summed E-state index contributed by atoms with van der Waals surface area (Å²) in [6.07, 6.45) is 9.24. The molecule has 12 heteroatoms. The lowest BCUT2D eigenvalue weighted by Gasteiger charge is -2.19. The quantitative estimate of drug-likeness (QED) is 0.137. The zero-order chi connectivity index (χ0) is 38.1. The summed E-state index contributed by atoms with van der Waals surface area (Å²) in [4.78, 5) is 40.3. The van der Waals surface area contributed by atoms with Crippen molar-refractivity contribution in [1.29, 1.82) is 0 Å². The van der Waals surface area contributed by atoms with Crippen LogP contribution in [0.2, 0.25) is 0 Å². The maximum Gasteiger partial charge on any atom is 0.260 e. The normalized spacial score (nSPS) is 18.0. The fourth-order valence-electron chi connectivity index (χ4n) is 7.18. The summed E-state index contributed by atoms with van der Waals surface area (Å²) in [5, 5.41) is 0. The number of fused-ring (bicyclic) bond motifs is 4. The fraction of sp³-hybridized carbons (Fsp3) is 0.256. The Balaban J connectivity index is 0.906. The number of aliphatic imine (C=N–C) groups is 2. The number of rotatable bonds is 12. The van der Waals surface area contributed by atoms with Gasteiger partial charge >= 0.3 is 0 Å². The Bertz CT molecular complexity index is 2100. The molecule has 0 saturated carbocycles. The van der Waals surface area contributed by atoms with E-state index in [1.54, 1.807) is 62.5 Å². The van der Waals surface area contributed by atoms with Gasteiger partial charge in [-0.1, -0.05) is 24.3 Å². The third-order valence-corrected chi connectivity index (χ3v) is 10.2. The maximum atomic E-state index is 13.7. The maximum absolute atomic E-state index is 13.7. The molecule has 4 heterocycles. The highest BCUT2D eigenvalue weighted by atomic mass is 16.5. The Morgan fingerprint density at radius 3 is 1.36 bits per heavy atom. The largest absolute Gasteiger partial charge is 0.497 e. The highest BCUT2D eigenvalue weighted by molar-refractivity contribution is 6.06. The average Bonchev–Trinajstić information content (AvgIpc) is 3.80. The van der Waals surface area contributed by atoms with Crippen LogP contribution < -0.4 is 28.4 Å². The molecule has 0 unspecified atom stereocenters. The number of benzene rings is 4. The number of methoxy groups -OCH3 is 4. The molecule has 280 valence electrons. The van der Waals surface area contributed by atoms with Crippen LogP contribution >= 0.6 is 0 Å². The number of nitrogens with zero attached hydrogens (tertiary/aromatic N) is 4. The van der Waals surface area contributed by atoms with Gasteiger partial charge in [0.2, 0.25) is 0 Å². The highest BCUT2D eigenvalue weighted by Gasteiger charge is 2.35. The van der Waals surface area contributed by atoms with Crippen molar-refractivity contribution in [3.8, 4) is 34.5 Å². The summed E-state index contributed by atoms with van der Waals surface area (Å²) in [6.45, 7) is 0.609. The van der Waals surface area contributed by atoms with Crippen LogP contribution in [0, 0.1) is 0 Å². The summed E-state index contributed by atoms with van der Waals surface area (Å²) in [7, 11) is 6.36. The van der Waals surface area contributed by atoms with Crippen molar-refractivity contribution in [3.05, 3.63) is 107 Å². The van der Waals surface area contributed by atoms with E-state index in [4.69, 9.17) is 38.4 Å². The molecule has 0 N–H and O–H groups in total. The first-order valence-electron chi connectivity index (χ1n) is 18.0. The Morgan fingerprint density at radius 1 is 0.564 bits per heavy atom. The predicted octanol–water partition coefficient (Wildman–Crippen LogP) is 7.51. The zero-order valence-corrected chi connectivity index (χ0v) is 31.0. The molecule has 4 aliphatic rings. The second-order valence-electron chi connectivity index (χ2n) is 13.4. The van der Waals surface area contributed by atoms with Gasteiger partial charge in [0, 0.05) is 56.2 Å². The first kappa shape index (κ1) is 35.5. The number of ether oxygens (including phenoxy) is 6. The summed E-state index contributed by atoms with van der Waals surface area (Å²) in [5.74, 6) is 3.05. The van der Waals surface area contributed by atoms with E-state index in [0.717, 1.165) is 33.8 Å². The van der Waals surface area contributed by atoms with Crippen LogP contribution in [0.3, 0.4) is 0 Å². The molecule has 4 aromatic rings. The SMILES string of the molecule is COc1ccc(C2=CN3C(=O)c4cc(OC)c(OCCCOc5cc6c(cc5OC)C(=O)N5C=C(c7ccc(OC)cc7)C[C@@H]5C=N6)cc4N=C[C@@H]3C2)cc1. The van der Waals surface area contributed by atoms with Crippen LogP contribution in [0.15, 0.2) is 95.2 Å². The summed E-state index contributed by atoms with van der Waals surface area (Å²) in [5.41, 5.74) is 6.06. The van der Waals surface area contributed by atoms with Crippen molar-refractivity contribution in [2.45, 2.75) is 31.3 Å². The molecular weight excluding hydrogens is 700 g/mol. The van der Waals surface area contributed by atoms with Crippen LogP contribution in [0.4, 0.5) is 11.4 Å². The molecular formula is C43H40N4O8. The topological polar surface area (TPSA) is 121 Å². The first-order valence-corrected chi connectivity index (χ1v) is 18.0. The van der Waals surface area contributed by atoms with Gasteiger partial charge in [-0.05, 0) is 58.7 Å². The van der Waals surface area contributed by atoms with E-state index in [0.29, 0.717) is 78.0 Å². The Morgan fingerprint density at radius 2 is 0.982 bits per heavy atom. The number of hydrogen-bond acceptors (Lipinski definition) is 10. The minimum atomic E-state index is -0.203. The third kappa shape index (κ3) is 6.87. The van der Waals surface area contributed by atoms with Gasteiger partial charge in [-0.25, -0.2) is 0 Å². The van der Waals surface area contributed by atoms with Crippen molar-refractivity contribution >= 4 is 46.8 Å². The molecule has 12 nitrogen and oxygen atoms in total. The second kappa shape index (κ2) is 15.1. The van der Waals surface area contributed by atoms with Crippen LogP contribution in [0.25, 0.3) is 11.1 Å². The zero-order valence-electron chi connectivity index (χ0n) is 31.0. The lowest BCUT2D eigenvalue weighted by molar-refractivity contribution is 0.0809. The monoisotopic (exact) mass is 740 g/mol. The second-order valence-corrected chi connectivity index (χ2v) is 13.4. The van der Waals surface area contributed by atoms with Gasteiger partial charge in [-0.3, -0.25) is 19.6 Å². The van der Waals surface area contributed by atoms with Crippen LogP contribution in [-0.2, 0) is 0 Å². The van der Waals surface area contributed by atoms with Crippen molar-refractivity contribution in [2.24, 2.45) is 9.98 Å². The molecule has 2 atom stereocenters. The third-order valence-electron chi connectivity index (χ3n) is 10.2. The van der Waals surface area contributed by atoms with Crippen molar-refractivity contribution < 1.29 is 38.0 Å². The molecule has 0 bridgehead atoms. The van der Waals surface area contributed by atoms with E-state index in [9.17, 15) is 9.59 Å². The van der Waals surface area contributed by atoms with E-state index in [-0.39, 0.29) is 23.9 Å². The van der Waals surface area contributed by atoms with Gasteiger partial charge in [-0.2, -0.15) is 0 Å². The van der Waals surface area contributed by atoms with E-state index in [2.05, 4.69) is 0 Å². The Kier molecular flexibility index (Phi) is 9.71. The molecule has 55 heavy (non-hydrogen) atoms. The highest BCUT2D eigenvalue weighted by Crippen LogP contribution is 2.42. The van der Waals surface area contributed by atoms with Gasteiger partial charge < -0.3 is 38.2 Å². The molecule has 0 spiro atoms. The summed E-state index contributed by atoms with van der Waals surface area (Å²) < 4.78 is 34.1. The van der Waals surface area contributed by atoms with Crippen LogP contribution in [0.1, 0.15) is 51.1 Å². The van der Waals surface area contributed by atoms with E-state index < -0.39 is 0 Å². The lowest BCUT2D eigenvalue weighted by atomic mass is 10.0. The first-order chi connectivity index (χ1) is 26.9. The summed E-state index contributed by atoms with van der Waals surface area (Å²) >= 11 is 0. The number of carbonyl (C=O) groups is 2. The van der Waals surface area contributed by atoms with E-state index in [1.165, 1.54) is 0 Å². The van der Waals surface area contributed by atoms with Crippen molar-refractivity contribution in [1.82, 2.24) is 9.80 Å². The van der Waals surface area contributed by atoms with Crippen molar-refractivity contribution in [2.75, 3.05) is 41.7 Å². The van der Waals surface area contributed by atoms with E-state index >= 15 is 0 Å². The molecule has 8 rings (SSSR count). The van der Waals surface area contributed by atoms with Gasteiger partial charge in [-0.15, -0.1) is 0 Å². The van der Waals surface area contributed by atoms with Crippen LogP contribution in [-0.4, -0.2) is 87.8 Å². The molecule has 4 aliphatic heterocycles. The predicted molar refractivity (Wildman–Crippen MR) is 209 cm³/mol. The molecule has 2 amide bonds. The van der Waals surface area contributed by atoms with Gasteiger partial charge in [0.25, 0.3) is 11.8 Å². The molecule has 4 aromatic carbocycles. The Labute approximate surface area is 318 Å². The molecule has 0 saturated heterocycles. The van der Waals surface area contributed by atoms with Crippen LogP contribution in [0.5, 0.6) is 34.5 Å². The fourth-order valence-corrected chi connectivity index (χ4v) is 7.18. The Hall–Kier alpha value is -6.56. The minimum absolute atomic E-state index is 0.157. The number of amides is 2. The standard InChI is InChI=1S/C43H40N4O8/c1-50-32-10-6-26(7-11-32)28-16-30-22-44-36-20-40(38(52-3)18-34(36)42(48)46(30)24-28)54-14-5-15-55-41-21-37-35(19-39(41)53-4)43(49)47-25-29(17-31(47)23-45-37)27-8-12-33(51-2)13-9-27/h6-13,18-25,30-31H,5,14-17H2,1-4H3/t30-,31+. The molecule has 0 aliphatic carbocycles. The van der Waals surface area contributed by atoms with E-state index in [1.807, 2.05) is 73.4 Å². The van der Waals surface area contributed by atoms with Crippen molar-refractivity contribution in [3.63, 3.8) is 0 Å². The summed E-state index contributed by atoms with van der Waals surface area (Å²) in [6, 6.07) is 22.1.